The standard InChI is InChI=1S/C17H26FNO/c1-17(2,3)20-11-10-13(12-19-14-8-9-14)15-6-4-5-7-16(15)18/h4-7,13-14,19H,8-12H2,1-3H3. The van der Waals surface area contributed by atoms with Crippen molar-refractivity contribution in [1.29, 1.82) is 0 Å². The number of halogens is 1. The zero-order chi connectivity index (χ0) is 14.6. The lowest BCUT2D eigenvalue weighted by Crippen LogP contribution is -2.26. The third-order valence-corrected chi connectivity index (χ3v) is 3.58. The van der Waals surface area contributed by atoms with E-state index in [2.05, 4.69) is 5.32 Å². The fourth-order valence-electron chi connectivity index (χ4n) is 2.28. The van der Waals surface area contributed by atoms with Crippen molar-refractivity contribution in [2.24, 2.45) is 0 Å². The molecule has 1 saturated carbocycles. The quantitative estimate of drug-likeness (QED) is 0.818. The molecule has 20 heavy (non-hydrogen) atoms. The first-order chi connectivity index (χ1) is 9.46. The molecule has 1 N–H and O–H groups in total. The third kappa shape index (κ3) is 5.22. The van der Waals surface area contributed by atoms with Gasteiger partial charge in [0.1, 0.15) is 5.82 Å². The van der Waals surface area contributed by atoms with Gasteiger partial charge in [-0.25, -0.2) is 4.39 Å². The first-order valence-corrected chi connectivity index (χ1v) is 7.57. The van der Waals surface area contributed by atoms with Crippen LogP contribution in [0.1, 0.15) is 51.5 Å². The zero-order valence-electron chi connectivity index (χ0n) is 12.8. The van der Waals surface area contributed by atoms with Crippen molar-refractivity contribution in [2.75, 3.05) is 13.2 Å². The zero-order valence-corrected chi connectivity index (χ0v) is 12.8. The van der Waals surface area contributed by atoms with Crippen LogP contribution in [-0.4, -0.2) is 24.8 Å². The van der Waals surface area contributed by atoms with E-state index in [1.807, 2.05) is 32.9 Å². The van der Waals surface area contributed by atoms with Crippen LogP contribution >= 0.6 is 0 Å². The normalized spacial score (nSPS) is 17.2. The van der Waals surface area contributed by atoms with E-state index in [0.717, 1.165) is 18.5 Å². The Balaban J connectivity index is 1.94. The highest BCUT2D eigenvalue weighted by molar-refractivity contribution is 5.22. The molecular weight excluding hydrogens is 253 g/mol. The van der Waals surface area contributed by atoms with E-state index >= 15 is 0 Å². The molecule has 1 aliphatic rings. The Morgan fingerprint density at radius 2 is 2.00 bits per heavy atom. The van der Waals surface area contributed by atoms with Gasteiger partial charge in [-0.05, 0) is 51.7 Å². The molecule has 0 saturated heterocycles. The van der Waals surface area contributed by atoms with Crippen molar-refractivity contribution in [3.8, 4) is 0 Å². The molecule has 3 heteroatoms. The Hall–Kier alpha value is -0.930. The Labute approximate surface area is 121 Å². The predicted molar refractivity (Wildman–Crippen MR) is 80.5 cm³/mol. The maximum Gasteiger partial charge on any atom is 0.126 e. The molecule has 0 spiro atoms. The molecule has 1 atom stereocenters. The highest BCUT2D eigenvalue weighted by Gasteiger charge is 2.24. The number of ether oxygens (including phenoxy) is 1. The highest BCUT2D eigenvalue weighted by atomic mass is 19.1. The molecule has 1 unspecified atom stereocenters. The summed E-state index contributed by atoms with van der Waals surface area (Å²) in [6.45, 7) is 7.64. The molecule has 112 valence electrons. The second-order valence-electron chi connectivity index (χ2n) is 6.65. The van der Waals surface area contributed by atoms with Gasteiger partial charge in [-0.3, -0.25) is 0 Å². The SMILES string of the molecule is CC(C)(C)OCCC(CNC1CC1)c1ccccc1F. The van der Waals surface area contributed by atoms with Crippen LogP contribution < -0.4 is 5.32 Å². The summed E-state index contributed by atoms with van der Waals surface area (Å²) in [7, 11) is 0. The van der Waals surface area contributed by atoms with Crippen LogP contribution in [0.5, 0.6) is 0 Å². The van der Waals surface area contributed by atoms with Gasteiger partial charge in [-0.15, -0.1) is 0 Å². The molecule has 0 bridgehead atoms. The molecule has 2 nitrogen and oxygen atoms in total. The molecule has 0 aliphatic heterocycles. The molecule has 0 aromatic heterocycles. The number of hydrogen-bond donors (Lipinski definition) is 1. The summed E-state index contributed by atoms with van der Waals surface area (Å²) in [5, 5.41) is 3.51. The van der Waals surface area contributed by atoms with Gasteiger partial charge >= 0.3 is 0 Å². The third-order valence-electron chi connectivity index (χ3n) is 3.58. The fraction of sp³-hybridized carbons (Fsp3) is 0.647. The summed E-state index contributed by atoms with van der Waals surface area (Å²) >= 11 is 0. The maximum atomic E-state index is 14.0. The highest BCUT2D eigenvalue weighted by Crippen LogP contribution is 2.25. The minimum atomic E-state index is -0.135. The lowest BCUT2D eigenvalue weighted by Gasteiger charge is -2.23. The second kappa shape index (κ2) is 6.68. The fourth-order valence-corrected chi connectivity index (χ4v) is 2.28. The summed E-state index contributed by atoms with van der Waals surface area (Å²) in [5.74, 6) is 0.0741. The molecule has 1 aromatic rings. The summed E-state index contributed by atoms with van der Waals surface area (Å²) in [5.41, 5.74) is 0.669. The van der Waals surface area contributed by atoms with Crippen molar-refractivity contribution >= 4 is 0 Å². The first-order valence-electron chi connectivity index (χ1n) is 7.57. The molecule has 1 aliphatic carbocycles. The Bertz CT molecular complexity index is 423. The average Bonchev–Trinajstić information content (AvgIpc) is 3.17. The van der Waals surface area contributed by atoms with Gasteiger partial charge in [-0.1, -0.05) is 18.2 Å². The Morgan fingerprint density at radius 3 is 2.60 bits per heavy atom. The average molecular weight is 279 g/mol. The van der Waals surface area contributed by atoms with Gasteiger partial charge in [0.25, 0.3) is 0 Å². The van der Waals surface area contributed by atoms with E-state index in [0.29, 0.717) is 12.6 Å². The molecule has 1 fully saturated rings. The van der Waals surface area contributed by atoms with Crippen LogP contribution in [-0.2, 0) is 4.74 Å². The summed E-state index contributed by atoms with van der Waals surface area (Å²) < 4.78 is 19.8. The number of nitrogens with one attached hydrogen (secondary N) is 1. The van der Waals surface area contributed by atoms with Crippen LogP contribution in [0.25, 0.3) is 0 Å². The first kappa shape index (κ1) is 15.5. The van der Waals surface area contributed by atoms with Gasteiger partial charge in [0.2, 0.25) is 0 Å². The minimum Gasteiger partial charge on any atom is -0.376 e. The van der Waals surface area contributed by atoms with E-state index < -0.39 is 0 Å². The molecule has 0 amide bonds. The maximum absolute atomic E-state index is 14.0. The lowest BCUT2D eigenvalue weighted by molar-refractivity contribution is -0.00632. The van der Waals surface area contributed by atoms with E-state index in [1.165, 1.54) is 12.8 Å². The summed E-state index contributed by atoms with van der Waals surface area (Å²) in [4.78, 5) is 0. The molecule has 0 radical (unpaired) electrons. The van der Waals surface area contributed by atoms with Gasteiger partial charge < -0.3 is 10.1 Å². The van der Waals surface area contributed by atoms with Crippen molar-refractivity contribution in [3.63, 3.8) is 0 Å². The van der Waals surface area contributed by atoms with E-state index in [1.54, 1.807) is 12.1 Å². The van der Waals surface area contributed by atoms with Crippen molar-refractivity contribution in [2.45, 2.75) is 57.6 Å². The smallest absolute Gasteiger partial charge is 0.126 e. The van der Waals surface area contributed by atoms with Gasteiger partial charge in [0.15, 0.2) is 0 Å². The van der Waals surface area contributed by atoms with Gasteiger partial charge in [0.05, 0.1) is 5.60 Å². The number of hydrogen-bond acceptors (Lipinski definition) is 2. The minimum absolute atomic E-state index is 0.106. The van der Waals surface area contributed by atoms with Crippen molar-refractivity contribution < 1.29 is 9.13 Å². The molecular formula is C17H26FNO. The predicted octanol–water partition coefficient (Wildman–Crippen LogP) is 3.87. The van der Waals surface area contributed by atoms with E-state index in [9.17, 15) is 4.39 Å². The Kier molecular flexibility index (Phi) is 5.17. The molecule has 2 rings (SSSR count). The van der Waals surface area contributed by atoms with E-state index in [4.69, 9.17) is 4.74 Å². The van der Waals surface area contributed by atoms with Crippen LogP contribution in [0.4, 0.5) is 4.39 Å². The van der Waals surface area contributed by atoms with Crippen LogP contribution in [0, 0.1) is 5.82 Å². The summed E-state index contributed by atoms with van der Waals surface area (Å²) in [6, 6.07) is 7.74. The number of rotatable bonds is 7. The van der Waals surface area contributed by atoms with Gasteiger partial charge in [-0.2, -0.15) is 0 Å². The van der Waals surface area contributed by atoms with Crippen LogP contribution in [0.3, 0.4) is 0 Å². The second-order valence-corrected chi connectivity index (χ2v) is 6.65. The van der Waals surface area contributed by atoms with E-state index in [-0.39, 0.29) is 17.3 Å². The largest absolute Gasteiger partial charge is 0.376 e. The summed E-state index contributed by atoms with van der Waals surface area (Å²) in [6.07, 6.45) is 3.35. The van der Waals surface area contributed by atoms with Crippen molar-refractivity contribution in [1.82, 2.24) is 5.32 Å². The lowest BCUT2D eigenvalue weighted by atomic mass is 9.95. The molecule has 0 heterocycles. The monoisotopic (exact) mass is 279 g/mol. The van der Waals surface area contributed by atoms with Gasteiger partial charge in [0, 0.05) is 25.1 Å². The topological polar surface area (TPSA) is 21.3 Å². The molecule has 1 aromatic carbocycles. The number of benzene rings is 1. The van der Waals surface area contributed by atoms with Crippen LogP contribution in [0.15, 0.2) is 24.3 Å². The Morgan fingerprint density at radius 1 is 1.30 bits per heavy atom. The van der Waals surface area contributed by atoms with Crippen molar-refractivity contribution in [3.05, 3.63) is 35.6 Å². The van der Waals surface area contributed by atoms with Crippen LogP contribution in [0.2, 0.25) is 0 Å².